The second kappa shape index (κ2) is 4.53. The molecule has 0 radical (unpaired) electrons. The number of pyridine rings is 1. The van der Waals surface area contributed by atoms with Crippen molar-refractivity contribution in [1.29, 1.82) is 0 Å². The van der Waals surface area contributed by atoms with Gasteiger partial charge in [0.2, 0.25) is 5.91 Å². The highest BCUT2D eigenvalue weighted by Gasteiger charge is 2.39. The van der Waals surface area contributed by atoms with Crippen LogP contribution in [-0.4, -0.2) is 33.9 Å². The first-order valence-corrected chi connectivity index (χ1v) is 5.47. The molecule has 1 N–H and O–H groups in total. The molecule has 90 valence electrons. The van der Waals surface area contributed by atoms with Gasteiger partial charge in [0.05, 0.1) is 12.5 Å². The number of carboxylic acid groups (broad SMARTS) is 1. The van der Waals surface area contributed by atoms with Crippen LogP contribution >= 0.6 is 0 Å². The van der Waals surface area contributed by atoms with Crippen LogP contribution in [0.5, 0.6) is 0 Å². The summed E-state index contributed by atoms with van der Waals surface area (Å²) in [6.07, 6.45) is 3.65. The van der Waals surface area contributed by atoms with Crippen molar-refractivity contribution in [2.75, 3.05) is 7.05 Å². The number of nitrogens with zero attached hydrogens (tertiary/aromatic N) is 2. The molecule has 0 unspecified atom stereocenters. The third-order valence-corrected chi connectivity index (χ3v) is 3.16. The average Bonchev–Trinajstić information content (AvgIpc) is 2.55. The number of likely N-dealkylation sites (tertiary alicyclic amines) is 1. The second-order valence-electron chi connectivity index (χ2n) is 4.30. The van der Waals surface area contributed by atoms with E-state index in [2.05, 4.69) is 4.98 Å². The van der Waals surface area contributed by atoms with Crippen molar-refractivity contribution < 1.29 is 14.7 Å². The minimum Gasteiger partial charge on any atom is -0.481 e. The summed E-state index contributed by atoms with van der Waals surface area (Å²) in [6.45, 7) is 0. The number of carbonyl (C=O) groups is 2. The molecule has 5 heteroatoms. The van der Waals surface area contributed by atoms with Crippen molar-refractivity contribution in [3.63, 3.8) is 0 Å². The molecule has 1 aliphatic rings. The molecule has 2 atom stereocenters. The summed E-state index contributed by atoms with van der Waals surface area (Å²) in [4.78, 5) is 28.1. The monoisotopic (exact) mass is 234 g/mol. The van der Waals surface area contributed by atoms with E-state index in [0.717, 1.165) is 5.56 Å². The van der Waals surface area contributed by atoms with E-state index in [-0.39, 0.29) is 24.3 Å². The number of aromatic nitrogens is 1. The van der Waals surface area contributed by atoms with Gasteiger partial charge in [-0.25, -0.2) is 0 Å². The summed E-state index contributed by atoms with van der Waals surface area (Å²) in [5, 5.41) is 8.87. The Morgan fingerprint density at radius 3 is 3.00 bits per heavy atom. The molecule has 0 spiro atoms. The highest BCUT2D eigenvalue weighted by molar-refractivity contribution is 5.80. The van der Waals surface area contributed by atoms with Crippen LogP contribution in [0.25, 0.3) is 0 Å². The fourth-order valence-electron chi connectivity index (χ4n) is 2.41. The molecule has 1 amide bonds. The lowest BCUT2D eigenvalue weighted by Gasteiger charge is -2.24. The van der Waals surface area contributed by atoms with Gasteiger partial charge in [0.1, 0.15) is 0 Å². The minimum atomic E-state index is -0.869. The molecule has 0 aliphatic carbocycles. The van der Waals surface area contributed by atoms with Crippen molar-refractivity contribution >= 4 is 11.9 Å². The van der Waals surface area contributed by atoms with E-state index in [1.807, 2.05) is 6.07 Å². The zero-order valence-electron chi connectivity index (χ0n) is 9.54. The van der Waals surface area contributed by atoms with Crippen LogP contribution in [0.1, 0.15) is 24.4 Å². The largest absolute Gasteiger partial charge is 0.481 e. The third kappa shape index (κ3) is 2.27. The van der Waals surface area contributed by atoms with Gasteiger partial charge in [0, 0.05) is 31.8 Å². The number of aliphatic carboxylic acids is 1. The predicted octanol–water partition coefficient (Wildman–Crippen LogP) is 1.08. The van der Waals surface area contributed by atoms with Crippen LogP contribution in [0.4, 0.5) is 0 Å². The predicted molar refractivity (Wildman–Crippen MR) is 60.1 cm³/mol. The molecule has 1 aliphatic heterocycles. The zero-order valence-corrected chi connectivity index (χ0v) is 9.54. The Labute approximate surface area is 99.1 Å². The smallest absolute Gasteiger partial charge is 0.303 e. The summed E-state index contributed by atoms with van der Waals surface area (Å²) in [6, 6.07) is 3.50. The summed E-state index contributed by atoms with van der Waals surface area (Å²) < 4.78 is 0. The topological polar surface area (TPSA) is 70.5 Å². The lowest BCUT2D eigenvalue weighted by Crippen LogP contribution is -2.25. The highest BCUT2D eigenvalue weighted by atomic mass is 16.4. The average molecular weight is 234 g/mol. The van der Waals surface area contributed by atoms with E-state index in [1.54, 1.807) is 30.4 Å². The van der Waals surface area contributed by atoms with E-state index < -0.39 is 5.97 Å². The number of amides is 1. The maximum Gasteiger partial charge on any atom is 0.303 e. The standard InChI is InChI=1S/C12H14N2O3/c1-14-10(15)5-9(6-11(16)17)12(14)8-3-2-4-13-7-8/h2-4,7,9,12H,5-6H2,1H3,(H,16,17)/t9-,12-/m1/s1. The van der Waals surface area contributed by atoms with Crippen LogP contribution in [0, 0.1) is 5.92 Å². The number of rotatable bonds is 3. The normalized spacial score (nSPS) is 24.1. The van der Waals surface area contributed by atoms with Crippen molar-refractivity contribution in [3.05, 3.63) is 30.1 Å². The van der Waals surface area contributed by atoms with Gasteiger partial charge in [-0.05, 0) is 11.6 Å². The van der Waals surface area contributed by atoms with Crippen LogP contribution in [0.3, 0.4) is 0 Å². The van der Waals surface area contributed by atoms with Gasteiger partial charge in [-0.15, -0.1) is 0 Å². The Kier molecular flexibility index (Phi) is 3.08. The molecule has 2 heterocycles. The maximum absolute atomic E-state index is 11.7. The summed E-state index contributed by atoms with van der Waals surface area (Å²) in [7, 11) is 1.71. The summed E-state index contributed by atoms with van der Waals surface area (Å²) in [5.41, 5.74) is 0.895. The van der Waals surface area contributed by atoms with Gasteiger partial charge in [-0.3, -0.25) is 14.6 Å². The zero-order chi connectivity index (χ0) is 12.4. The fraction of sp³-hybridized carbons (Fsp3) is 0.417. The Balaban J connectivity index is 2.28. The molecule has 0 bridgehead atoms. The molecule has 1 aromatic heterocycles. The Morgan fingerprint density at radius 2 is 2.41 bits per heavy atom. The molecule has 2 rings (SSSR count). The molecule has 5 nitrogen and oxygen atoms in total. The SMILES string of the molecule is CN1C(=O)C[C@H](CC(=O)O)[C@H]1c1cccnc1. The second-order valence-corrected chi connectivity index (χ2v) is 4.30. The maximum atomic E-state index is 11.7. The van der Waals surface area contributed by atoms with Crippen LogP contribution in [0.2, 0.25) is 0 Å². The van der Waals surface area contributed by atoms with E-state index >= 15 is 0 Å². The highest BCUT2D eigenvalue weighted by Crippen LogP contribution is 2.38. The van der Waals surface area contributed by atoms with E-state index in [1.165, 1.54) is 0 Å². The molecule has 0 saturated carbocycles. The molecule has 1 aromatic rings. The number of carboxylic acids is 1. The first-order valence-electron chi connectivity index (χ1n) is 5.47. The van der Waals surface area contributed by atoms with Gasteiger partial charge in [0.25, 0.3) is 0 Å². The van der Waals surface area contributed by atoms with Gasteiger partial charge in [-0.1, -0.05) is 6.07 Å². The fourth-order valence-corrected chi connectivity index (χ4v) is 2.41. The van der Waals surface area contributed by atoms with Gasteiger partial charge < -0.3 is 10.0 Å². The Bertz CT molecular complexity index is 431. The Hall–Kier alpha value is -1.91. The van der Waals surface area contributed by atoms with Crippen molar-refractivity contribution in [3.8, 4) is 0 Å². The van der Waals surface area contributed by atoms with Crippen molar-refractivity contribution in [2.45, 2.75) is 18.9 Å². The number of hydrogen-bond acceptors (Lipinski definition) is 3. The third-order valence-electron chi connectivity index (χ3n) is 3.16. The molecule has 1 saturated heterocycles. The molecular formula is C12H14N2O3. The van der Waals surface area contributed by atoms with E-state index in [0.29, 0.717) is 6.42 Å². The van der Waals surface area contributed by atoms with E-state index in [4.69, 9.17) is 5.11 Å². The lowest BCUT2D eigenvalue weighted by atomic mass is 9.92. The first-order chi connectivity index (χ1) is 8.09. The van der Waals surface area contributed by atoms with Crippen LogP contribution < -0.4 is 0 Å². The quantitative estimate of drug-likeness (QED) is 0.849. The van der Waals surface area contributed by atoms with Crippen LogP contribution in [-0.2, 0) is 9.59 Å². The Morgan fingerprint density at radius 1 is 1.65 bits per heavy atom. The molecular weight excluding hydrogens is 220 g/mol. The summed E-state index contributed by atoms with van der Waals surface area (Å²) in [5.74, 6) is -1.05. The van der Waals surface area contributed by atoms with Crippen molar-refractivity contribution in [2.24, 2.45) is 5.92 Å². The van der Waals surface area contributed by atoms with Crippen molar-refractivity contribution in [1.82, 2.24) is 9.88 Å². The molecule has 1 fully saturated rings. The molecule has 0 aromatic carbocycles. The number of hydrogen-bond donors (Lipinski definition) is 1. The van der Waals surface area contributed by atoms with Crippen LogP contribution in [0.15, 0.2) is 24.5 Å². The van der Waals surface area contributed by atoms with Gasteiger partial charge >= 0.3 is 5.97 Å². The molecule has 17 heavy (non-hydrogen) atoms. The minimum absolute atomic E-state index is 0.00916. The van der Waals surface area contributed by atoms with Gasteiger partial charge in [-0.2, -0.15) is 0 Å². The van der Waals surface area contributed by atoms with E-state index in [9.17, 15) is 9.59 Å². The first kappa shape index (κ1) is 11.6. The summed E-state index contributed by atoms with van der Waals surface area (Å²) >= 11 is 0. The number of carbonyl (C=O) groups excluding carboxylic acids is 1. The van der Waals surface area contributed by atoms with Gasteiger partial charge in [0.15, 0.2) is 0 Å². The lowest BCUT2D eigenvalue weighted by molar-refractivity contribution is -0.138.